The molecule has 4 aromatic rings. The number of aromatic nitrogens is 3. The van der Waals surface area contributed by atoms with Crippen LogP contribution >= 0.6 is 11.3 Å². The lowest BCUT2D eigenvalue weighted by atomic mass is 10.1. The van der Waals surface area contributed by atoms with Crippen LogP contribution in [0, 0.1) is 18.3 Å². The second kappa shape index (κ2) is 7.22. The highest BCUT2D eigenvalue weighted by atomic mass is 32.1. The Bertz CT molecular complexity index is 1120. The van der Waals surface area contributed by atoms with E-state index >= 15 is 0 Å². The number of imidazole rings is 1. The Labute approximate surface area is 161 Å². The summed E-state index contributed by atoms with van der Waals surface area (Å²) >= 11 is 1.64. The van der Waals surface area contributed by atoms with Crippen LogP contribution in [0.15, 0.2) is 48.8 Å². The van der Waals surface area contributed by atoms with Gasteiger partial charge in [-0.25, -0.2) is 4.98 Å². The van der Waals surface area contributed by atoms with Crippen LogP contribution < -0.4 is 4.74 Å². The van der Waals surface area contributed by atoms with E-state index in [1.807, 2.05) is 31.2 Å². The normalized spacial score (nSPS) is 10.9. The number of pyridine rings is 1. The maximum atomic E-state index is 9.42. The molecule has 5 nitrogen and oxygen atoms in total. The van der Waals surface area contributed by atoms with Gasteiger partial charge in [0.25, 0.3) is 0 Å². The number of hydrogen-bond donors (Lipinski definition) is 0. The molecule has 4 rings (SSSR count). The van der Waals surface area contributed by atoms with Gasteiger partial charge in [0.2, 0.25) is 0 Å². The lowest BCUT2D eigenvalue weighted by Gasteiger charge is -2.08. The van der Waals surface area contributed by atoms with Gasteiger partial charge in [-0.2, -0.15) is 5.26 Å². The molecule has 0 radical (unpaired) electrons. The standard InChI is InChI=1S/C21H18N4OS/c1-3-26-17-6-4-16(5-7-17)20-14(2)27-21-24-19(15-9-12-23-13-10-15)18(8-11-22)25(20)21/h4-7,9-10,12-13H,3,8H2,1-2H3. The van der Waals surface area contributed by atoms with Crippen molar-refractivity contribution < 1.29 is 4.74 Å². The molecule has 1 aromatic carbocycles. The number of benzene rings is 1. The van der Waals surface area contributed by atoms with Gasteiger partial charge in [-0.3, -0.25) is 9.38 Å². The van der Waals surface area contributed by atoms with Crippen LogP contribution in [0.1, 0.15) is 17.5 Å². The van der Waals surface area contributed by atoms with Gasteiger partial charge in [0, 0.05) is 22.8 Å². The smallest absolute Gasteiger partial charge is 0.195 e. The third-order valence-corrected chi connectivity index (χ3v) is 5.34. The molecular formula is C21H18N4OS. The van der Waals surface area contributed by atoms with Crippen molar-refractivity contribution in [2.45, 2.75) is 20.3 Å². The number of aryl methyl sites for hydroxylation is 1. The van der Waals surface area contributed by atoms with Crippen molar-refractivity contribution in [2.75, 3.05) is 6.61 Å². The molecule has 0 unspecified atom stereocenters. The second-order valence-electron chi connectivity index (χ2n) is 6.06. The van der Waals surface area contributed by atoms with E-state index in [0.717, 1.165) is 38.9 Å². The molecule has 0 aliphatic carbocycles. The summed E-state index contributed by atoms with van der Waals surface area (Å²) in [5.41, 5.74) is 4.89. The minimum Gasteiger partial charge on any atom is -0.494 e. The van der Waals surface area contributed by atoms with Gasteiger partial charge in [-0.05, 0) is 55.8 Å². The average molecular weight is 374 g/mol. The molecule has 0 atom stereocenters. The molecule has 0 aliphatic heterocycles. The molecule has 0 fully saturated rings. The first-order chi connectivity index (χ1) is 13.2. The topological polar surface area (TPSA) is 63.2 Å². The Morgan fingerprint density at radius 3 is 2.52 bits per heavy atom. The van der Waals surface area contributed by atoms with Crippen molar-refractivity contribution in [3.63, 3.8) is 0 Å². The van der Waals surface area contributed by atoms with Crippen molar-refractivity contribution >= 4 is 16.3 Å². The summed E-state index contributed by atoms with van der Waals surface area (Å²) in [6.45, 7) is 4.71. The van der Waals surface area contributed by atoms with Gasteiger partial charge < -0.3 is 4.74 Å². The molecule has 0 aliphatic rings. The molecular weight excluding hydrogens is 356 g/mol. The van der Waals surface area contributed by atoms with E-state index in [-0.39, 0.29) is 0 Å². The first kappa shape index (κ1) is 17.3. The molecule has 0 N–H and O–H groups in total. The highest BCUT2D eigenvalue weighted by Crippen LogP contribution is 2.36. The summed E-state index contributed by atoms with van der Waals surface area (Å²) in [6, 6.07) is 14.2. The van der Waals surface area contributed by atoms with E-state index in [2.05, 4.69) is 34.5 Å². The fraction of sp³-hybridized carbons (Fsp3) is 0.190. The number of rotatable bonds is 5. The van der Waals surface area contributed by atoms with Crippen LogP contribution in [0.3, 0.4) is 0 Å². The minimum atomic E-state index is 0.291. The molecule has 3 aromatic heterocycles. The Hall–Kier alpha value is -3.17. The Morgan fingerprint density at radius 2 is 1.85 bits per heavy atom. The summed E-state index contributed by atoms with van der Waals surface area (Å²) in [5, 5.41) is 9.42. The average Bonchev–Trinajstić information content (AvgIpc) is 3.19. The Morgan fingerprint density at radius 1 is 1.11 bits per heavy atom. The predicted octanol–water partition coefficient (Wildman–Crippen LogP) is 4.90. The van der Waals surface area contributed by atoms with E-state index in [4.69, 9.17) is 9.72 Å². The van der Waals surface area contributed by atoms with E-state index in [1.54, 1.807) is 23.7 Å². The number of hydrogen-bond acceptors (Lipinski definition) is 5. The monoisotopic (exact) mass is 374 g/mol. The maximum Gasteiger partial charge on any atom is 0.195 e. The third-order valence-electron chi connectivity index (χ3n) is 4.38. The van der Waals surface area contributed by atoms with Gasteiger partial charge in [0.1, 0.15) is 5.75 Å². The lowest BCUT2D eigenvalue weighted by Crippen LogP contribution is -1.97. The summed E-state index contributed by atoms with van der Waals surface area (Å²) in [7, 11) is 0. The van der Waals surface area contributed by atoms with E-state index in [9.17, 15) is 5.26 Å². The number of thiazole rings is 1. The lowest BCUT2D eigenvalue weighted by molar-refractivity contribution is 0.340. The second-order valence-corrected chi connectivity index (χ2v) is 7.24. The van der Waals surface area contributed by atoms with Crippen LogP contribution in [0.5, 0.6) is 5.75 Å². The van der Waals surface area contributed by atoms with Crippen molar-refractivity contribution in [1.82, 2.24) is 14.4 Å². The van der Waals surface area contributed by atoms with Gasteiger partial charge in [0.15, 0.2) is 4.96 Å². The fourth-order valence-corrected chi connectivity index (χ4v) is 4.27. The molecule has 3 heterocycles. The number of nitriles is 1. The van der Waals surface area contributed by atoms with E-state index in [0.29, 0.717) is 13.0 Å². The summed E-state index contributed by atoms with van der Waals surface area (Å²) < 4.78 is 7.67. The highest BCUT2D eigenvalue weighted by Gasteiger charge is 2.21. The zero-order valence-electron chi connectivity index (χ0n) is 15.1. The quantitative estimate of drug-likeness (QED) is 0.498. The van der Waals surface area contributed by atoms with Crippen LogP contribution in [0.2, 0.25) is 0 Å². The number of nitrogens with zero attached hydrogens (tertiary/aromatic N) is 4. The van der Waals surface area contributed by atoms with Crippen LogP contribution in [-0.4, -0.2) is 21.0 Å². The van der Waals surface area contributed by atoms with Crippen molar-refractivity contribution in [3.8, 4) is 34.3 Å². The summed E-state index contributed by atoms with van der Waals surface area (Å²) in [6.07, 6.45) is 3.79. The van der Waals surface area contributed by atoms with Crippen LogP contribution in [0.4, 0.5) is 0 Å². The van der Waals surface area contributed by atoms with Gasteiger partial charge in [-0.1, -0.05) is 0 Å². The molecule has 6 heteroatoms. The van der Waals surface area contributed by atoms with Gasteiger partial charge >= 0.3 is 0 Å². The van der Waals surface area contributed by atoms with Gasteiger partial charge in [-0.15, -0.1) is 11.3 Å². The summed E-state index contributed by atoms with van der Waals surface area (Å²) in [5.74, 6) is 0.853. The molecule has 0 amide bonds. The Kier molecular flexibility index (Phi) is 4.61. The fourth-order valence-electron chi connectivity index (χ4n) is 3.26. The Balaban J connectivity index is 1.92. The predicted molar refractivity (Wildman–Crippen MR) is 107 cm³/mol. The highest BCUT2D eigenvalue weighted by molar-refractivity contribution is 7.17. The SMILES string of the molecule is CCOc1ccc(-c2c(C)sc3nc(-c4ccncc4)c(CC#N)n23)cc1. The van der Waals surface area contributed by atoms with Gasteiger partial charge in [0.05, 0.1) is 36.2 Å². The van der Waals surface area contributed by atoms with Crippen molar-refractivity contribution in [1.29, 1.82) is 5.26 Å². The number of ether oxygens (including phenoxy) is 1. The number of fused-ring (bicyclic) bond motifs is 1. The van der Waals surface area contributed by atoms with Crippen LogP contribution in [-0.2, 0) is 6.42 Å². The zero-order chi connectivity index (χ0) is 18.8. The molecule has 0 bridgehead atoms. The zero-order valence-corrected chi connectivity index (χ0v) is 16.0. The molecule has 0 saturated heterocycles. The molecule has 0 spiro atoms. The van der Waals surface area contributed by atoms with Crippen molar-refractivity contribution in [2.24, 2.45) is 0 Å². The molecule has 27 heavy (non-hydrogen) atoms. The molecule has 0 saturated carbocycles. The molecule has 134 valence electrons. The van der Waals surface area contributed by atoms with E-state index in [1.165, 1.54) is 4.88 Å². The summed E-state index contributed by atoms with van der Waals surface area (Å²) in [4.78, 5) is 11.0. The maximum absolute atomic E-state index is 9.42. The first-order valence-electron chi connectivity index (χ1n) is 8.74. The van der Waals surface area contributed by atoms with Crippen molar-refractivity contribution in [3.05, 3.63) is 59.4 Å². The first-order valence-corrected chi connectivity index (χ1v) is 9.56. The van der Waals surface area contributed by atoms with E-state index < -0.39 is 0 Å². The van der Waals surface area contributed by atoms with Crippen LogP contribution in [0.25, 0.3) is 27.5 Å². The minimum absolute atomic E-state index is 0.291. The largest absolute Gasteiger partial charge is 0.494 e. The third kappa shape index (κ3) is 3.07.